The van der Waals surface area contributed by atoms with E-state index in [1.165, 1.54) is 28.8 Å². The Kier molecular flexibility index (Phi) is 7.20. The summed E-state index contributed by atoms with van der Waals surface area (Å²) in [5.74, 6) is 0.244. The minimum absolute atomic E-state index is 0.200. The molecule has 0 unspecified atom stereocenters. The molecule has 0 fully saturated rings. The number of benzene rings is 3. The van der Waals surface area contributed by atoms with Gasteiger partial charge in [0.15, 0.2) is 6.61 Å². The maximum Gasteiger partial charge on any atom is 0.416 e. The minimum atomic E-state index is -4.44. The van der Waals surface area contributed by atoms with Crippen LogP contribution in [0.3, 0.4) is 0 Å². The zero-order valence-corrected chi connectivity index (χ0v) is 19.1. The Balaban J connectivity index is 1.37. The van der Waals surface area contributed by atoms with E-state index in [0.717, 1.165) is 17.0 Å². The number of anilines is 1. The molecule has 3 aromatic rings. The molecule has 0 radical (unpaired) electrons. The van der Waals surface area contributed by atoms with Crippen LogP contribution in [0.1, 0.15) is 21.5 Å². The fourth-order valence-corrected chi connectivity index (χ4v) is 4.37. The molecule has 1 heterocycles. The summed E-state index contributed by atoms with van der Waals surface area (Å²) in [4.78, 5) is 25.8. The maximum absolute atomic E-state index is 12.9. The number of halogens is 3. The van der Waals surface area contributed by atoms with Gasteiger partial charge in [0, 0.05) is 27.5 Å². The number of fused-ring (bicyclic) bond motifs is 1. The molecular weight excluding hydrogens is 483 g/mol. The Morgan fingerprint density at radius 3 is 2.49 bits per heavy atom. The van der Waals surface area contributed by atoms with Gasteiger partial charge < -0.3 is 19.5 Å². The van der Waals surface area contributed by atoms with Crippen LogP contribution < -0.4 is 14.4 Å². The number of amides is 1. The van der Waals surface area contributed by atoms with Gasteiger partial charge in [0.05, 0.1) is 18.7 Å². The van der Waals surface area contributed by atoms with Gasteiger partial charge >= 0.3 is 12.1 Å². The van der Waals surface area contributed by atoms with Crippen LogP contribution in [0, 0.1) is 0 Å². The molecule has 1 aliphatic rings. The van der Waals surface area contributed by atoms with Crippen LogP contribution in [0.4, 0.5) is 18.9 Å². The lowest BCUT2D eigenvalue weighted by atomic mass is 10.1. The second-order valence-electron chi connectivity index (χ2n) is 7.57. The predicted molar refractivity (Wildman–Crippen MR) is 124 cm³/mol. The van der Waals surface area contributed by atoms with Gasteiger partial charge in [-0.1, -0.05) is 12.1 Å². The minimum Gasteiger partial charge on any atom is -0.492 e. The van der Waals surface area contributed by atoms with E-state index in [-0.39, 0.29) is 12.5 Å². The monoisotopic (exact) mass is 503 g/mol. The first-order chi connectivity index (χ1) is 16.7. The van der Waals surface area contributed by atoms with Crippen molar-refractivity contribution < 1.29 is 37.3 Å². The fraction of sp³-hybridized carbons (Fsp3) is 0.200. The smallest absolute Gasteiger partial charge is 0.416 e. The third-order valence-electron chi connectivity index (χ3n) is 5.21. The molecule has 1 amide bonds. The summed E-state index contributed by atoms with van der Waals surface area (Å²) in [5, 5.41) is 8.72. The predicted octanol–water partition coefficient (Wildman–Crippen LogP) is 5.50. The molecule has 3 aromatic carbocycles. The maximum atomic E-state index is 12.9. The first-order valence-electron chi connectivity index (χ1n) is 10.5. The average Bonchev–Trinajstić information content (AvgIpc) is 3.17. The first kappa shape index (κ1) is 24.5. The second-order valence-corrected chi connectivity index (χ2v) is 8.74. The summed E-state index contributed by atoms with van der Waals surface area (Å²) in [6.45, 7) is 0.125. The highest BCUT2D eigenvalue weighted by atomic mass is 32.2. The number of carbonyl (C=O) groups is 2. The van der Waals surface area contributed by atoms with Crippen LogP contribution >= 0.6 is 11.8 Å². The van der Waals surface area contributed by atoms with E-state index in [9.17, 15) is 22.8 Å². The molecule has 1 N–H and O–H groups in total. The standard InChI is InChI=1S/C25H20F3NO5S/c26-25(27,28)16-7-9-17(10-8-16)29-14-21-20(24(29)32)5-2-6-22(21)33-11-12-35-19-4-1-3-18(13-19)34-15-23(30)31/h1-10,13H,11-12,14-15H2,(H,30,31). The molecule has 0 saturated heterocycles. The van der Waals surface area contributed by atoms with Gasteiger partial charge in [0.2, 0.25) is 0 Å². The summed E-state index contributed by atoms with van der Waals surface area (Å²) in [5.41, 5.74) is 0.751. The van der Waals surface area contributed by atoms with Crippen molar-refractivity contribution in [2.45, 2.75) is 17.6 Å². The molecule has 0 bridgehead atoms. The van der Waals surface area contributed by atoms with Gasteiger partial charge in [-0.15, -0.1) is 11.8 Å². The van der Waals surface area contributed by atoms with Crippen LogP contribution in [0.5, 0.6) is 11.5 Å². The Morgan fingerprint density at radius 1 is 1.03 bits per heavy atom. The highest BCUT2D eigenvalue weighted by molar-refractivity contribution is 7.99. The van der Waals surface area contributed by atoms with Crippen LogP contribution in [-0.4, -0.2) is 35.9 Å². The summed E-state index contributed by atoms with van der Waals surface area (Å²) < 4.78 is 49.7. The fourth-order valence-electron chi connectivity index (χ4n) is 3.59. The first-order valence-corrected chi connectivity index (χ1v) is 11.5. The molecule has 0 atom stereocenters. The van der Waals surface area contributed by atoms with E-state index in [1.807, 2.05) is 6.07 Å². The molecule has 35 heavy (non-hydrogen) atoms. The number of carbonyl (C=O) groups excluding carboxylic acids is 1. The number of alkyl halides is 3. The Morgan fingerprint density at radius 2 is 1.77 bits per heavy atom. The summed E-state index contributed by atoms with van der Waals surface area (Å²) in [6, 6.07) is 16.7. The molecule has 1 aliphatic heterocycles. The topological polar surface area (TPSA) is 76.1 Å². The number of carboxylic acids is 1. The van der Waals surface area contributed by atoms with Crippen molar-refractivity contribution in [3.63, 3.8) is 0 Å². The zero-order valence-electron chi connectivity index (χ0n) is 18.2. The number of carboxylic acid groups (broad SMARTS) is 1. The van der Waals surface area contributed by atoms with Crippen molar-refractivity contribution in [3.8, 4) is 11.5 Å². The molecule has 0 aromatic heterocycles. The number of aliphatic carboxylic acids is 1. The van der Waals surface area contributed by atoms with E-state index < -0.39 is 24.3 Å². The number of thioether (sulfide) groups is 1. The van der Waals surface area contributed by atoms with Gasteiger partial charge in [-0.2, -0.15) is 13.2 Å². The molecule has 10 heteroatoms. The number of hydrogen-bond acceptors (Lipinski definition) is 5. The number of hydrogen-bond donors (Lipinski definition) is 1. The molecule has 4 rings (SSSR count). The van der Waals surface area contributed by atoms with E-state index in [2.05, 4.69) is 0 Å². The molecule has 182 valence electrons. The van der Waals surface area contributed by atoms with Crippen molar-refractivity contribution >= 4 is 29.3 Å². The SMILES string of the molecule is O=C(O)COc1cccc(SCCOc2cccc3c2CN(c2ccc(C(F)(F)F)cc2)C3=O)c1. The van der Waals surface area contributed by atoms with E-state index in [4.69, 9.17) is 14.6 Å². The number of ether oxygens (including phenoxy) is 2. The zero-order chi connectivity index (χ0) is 25.0. The highest BCUT2D eigenvalue weighted by Crippen LogP contribution is 2.36. The lowest BCUT2D eigenvalue weighted by Crippen LogP contribution is -2.23. The van der Waals surface area contributed by atoms with Crippen molar-refractivity contribution in [2.75, 3.05) is 23.9 Å². The van der Waals surface area contributed by atoms with E-state index >= 15 is 0 Å². The molecular formula is C25H20F3NO5S. The van der Waals surface area contributed by atoms with Crippen LogP contribution in [-0.2, 0) is 17.5 Å². The Hall–Kier alpha value is -3.66. The van der Waals surface area contributed by atoms with Gasteiger partial charge in [0.25, 0.3) is 5.91 Å². The summed E-state index contributed by atoms with van der Waals surface area (Å²) in [6.07, 6.45) is -4.44. The van der Waals surface area contributed by atoms with E-state index in [0.29, 0.717) is 40.7 Å². The Labute approximate surface area is 203 Å². The lowest BCUT2D eigenvalue weighted by Gasteiger charge is -2.17. The second kappa shape index (κ2) is 10.3. The van der Waals surface area contributed by atoms with Gasteiger partial charge in [-0.25, -0.2) is 4.79 Å². The summed E-state index contributed by atoms with van der Waals surface area (Å²) in [7, 11) is 0. The third-order valence-corrected chi connectivity index (χ3v) is 6.17. The molecule has 0 saturated carbocycles. The van der Waals surface area contributed by atoms with Crippen LogP contribution in [0.2, 0.25) is 0 Å². The molecule has 0 spiro atoms. The number of rotatable bonds is 9. The highest BCUT2D eigenvalue weighted by Gasteiger charge is 2.33. The van der Waals surface area contributed by atoms with Crippen molar-refractivity contribution in [2.24, 2.45) is 0 Å². The third kappa shape index (κ3) is 5.89. The van der Waals surface area contributed by atoms with Crippen molar-refractivity contribution in [1.82, 2.24) is 0 Å². The van der Waals surface area contributed by atoms with E-state index in [1.54, 1.807) is 36.4 Å². The normalized spacial score (nSPS) is 13.0. The largest absolute Gasteiger partial charge is 0.492 e. The molecule has 0 aliphatic carbocycles. The summed E-state index contributed by atoms with van der Waals surface area (Å²) >= 11 is 1.50. The van der Waals surface area contributed by atoms with Crippen molar-refractivity contribution in [1.29, 1.82) is 0 Å². The lowest BCUT2D eigenvalue weighted by molar-refractivity contribution is -0.139. The Bertz CT molecular complexity index is 1230. The van der Waals surface area contributed by atoms with Crippen LogP contribution in [0.15, 0.2) is 71.6 Å². The molecule has 6 nitrogen and oxygen atoms in total. The number of nitrogens with zero attached hydrogens (tertiary/aromatic N) is 1. The van der Waals surface area contributed by atoms with Gasteiger partial charge in [0.1, 0.15) is 11.5 Å². The van der Waals surface area contributed by atoms with Gasteiger partial charge in [-0.05, 0) is 54.6 Å². The van der Waals surface area contributed by atoms with Gasteiger partial charge in [-0.3, -0.25) is 4.79 Å². The van der Waals surface area contributed by atoms with Crippen molar-refractivity contribution in [3.05, 3.63) is 83.4 Å². The average molecular weight is 503 g/mol. The van der Waals surface area contributed by atoms with Crippen LogP contribution in [0.25, 0.3) is 0 Å². The quantitative estimate of drug-likeness (QED) is 0.307.